The quantitative estimate of drug-likeness (QED) is 0.0691. The molecule has 300 valence electrons. The third-order valence-corrected chi connectivity index (χ3v) is 10.00. The maximum Gasteiger partial charge on any atom is 0.328 e. The normalized spacial score (nSPS) is 15.0. The fourth-order valence-corrected chi connectivity index (χ4v) is 7.05. The fourth-order valence-electron chi connectivity index (χ4n) is 7.05. The smallest absolute Gasteiger partial charge is 0.328 e. The van der Waals surface area contributed by atoms with Crippen molar-refractivity contribution in [2.75, 3.05) is 52.2 Å². The van der Waals surface area contributed by atoms with Gasteiger partial charge in [0.05, 0.1) is 28.2 Å². The van der Waals surface area contributed by atoms with Gasteiger partial charge in [-0.1, -0.05) is 60.7 Å². The lowest BCUT2D eigenvalue weighted by Crippen LogP contribution is -2.40. The SMILES string of the molecule is C/C(=C1\NC2=CCCC=C2C1=O)c1ccccc1N(C=O)C(=O)NCCCCN(C)C.CNCCNC(=O)n1c(O)c(C2=Nc3ccccc3C2=O)c2ccccc21. The first-order valence-electron chi connectivity index (χ1n) is 19.2. The maximum atomic E-state index is 12.9. The minimum Gasteiger partial charge on any atom is -0.494 e. The van der Waals surface area contributed by atoms with E-state index in [0.717, 1.165) is 42.8 Å². The van der Waals surface area contributed by atoms with Crippen molar-refractivity contribution >= 4 is 63.6 Å². The van der Waals surface area contributed by atoms with Gasteiger partial charge in [0.25, 0.3) is 0 Å². The van der Waals surface area contributed by atoms with Crippen LogP contribution >= 0.6 is 0 Å². The Hall–Kier alpha value is -6.64. The van der Waals surface area contributed by atoms with Gasteiger partial charge in [0.15, 0.2) is 0 Å². The van der Waals surface area contributed by atoms with Gasteiger partial charge in [-0.3, -0.25) is 14.4 Å². The lowest BCUT2D eigenvalue weighted by Gasteiger charge is -2.21. The van der Waals surface area contributed by atoms with Crippen LogP contribution in [0.25, 0.3) is 16.5 Å². The number of fused-ring (bicyclic) bond motifs is 3. The molecule has 14 heteroatoms. The molecule has 14 nitrogen and oxygen atoms in total. The molecule has 4 aromatic rings. The summed E-state index contributed by atoms with van der Waals surface area (Å²) in [5.41, 5.74) is 5.81. The van der Waals surface area contributed by atoms with Gasteiger partial charge < -0.3 is 31.3 Å². The molecule has 2 aliphatic heterocycles. The average Bonchev–Trinajstić information content (AvgIpc) is 3.85. The van der Waals surface area contributed by atoms with E-state index in [-0.39, 0.29) is 28.7 Å². The predicted molar refractivity (Wildman–Crippen MR) is 226 cm³/mol. The number of hydrogen-bond donors (Lipinski definition) is 5. The Labute approximate surface area is 337 Å². The number of aromatic hydroxyl groups is 1. The standard InChI is InChI=1S/C24H30N4O3.C20H18N4O3/c1-17(22-23(30)19-11-4-6-12-20(19)26-22)18-10-5-7-13-21(18)28(16-29)24(31)25-14-8-9-15-27(2)3;1-21-10-11-22-20(27)24-15-9-5-3-7-13(15)16(19(24)26)17-18(25)12-6-2-4-8-14(12)23-17/h5,7,10-13,16,26H,4,6,8-9,14-15H2,1-3H3,(H,25,31);2-9,21,26H,10-11H2,1H3,(H,22,27)/b22-17+;. The molecule has 0 unspecified atom stereocenters. The Morgan fingerprint density at radius 1 is 0.897 bits per heavy atom. The summed E-state index contributed by atoms with van der Waals surface area (Å²) in [7, 11) is 5.80. The number of rotatable bonds is 12. The molecule has 0 bridgehead atoms. The molecule has 3 heterocycles. The zero-order valence-electron chi connectivity index (χ0n) is 33.1. The Bertz CT molecular complexity index is 2390. The number of unbranched alkanes of at least 4 members (excludes halogenated alkanes) is 1. The first-order chi connectivity index (χ1) is 28.1. The summed E-state index contributed by atoms with van der Waals surface area (Å²) in [5.74, 6) is -0.612. The lowest BCUT2D eigenvalue weighted by molar-refractivity contribution is -0.111. The van der Waals surface area contributed by atoms with Crippen LogP contribution in [0.3, 0.4) is 0 Å². The summed E-state index contributed by atoms with van der Waals surface area (Å²) >= 11 is 0. The van der Waals surface area contributed by atoms with Crippen LogP contribution < -0.4 is 26.2 Å². The Morgan fingerprint density at radius 3 is 2.36 bits per heavy atom. The van der Waals surface area contributed by atoms with E-state index >= 15 is 0 Å². The number of imide groups is 1. The highest BCUT2D eigenvalue weighted by atomic mass is 16.3. The summed E-state index contributed by atoms with van der Waals surface area (Å²) in [6.07, 6.45) is 8.03. The van der Waals surface area contributed by atoms with Crippen LogP contribution in [0, 0.1) is 0 Å². The van der Waals surface area contributed by atoms with E-state index in [0.29, 0.717) is 76.3 Å². The van der Waals surface area contributed by atoms with Crippen LogP contribution in [-0.4, -0.2) is 97.6 Å². The van der Waals surface area contributed by atoms with Crippen LogP contribution in [0.2, 0.25) is 0 Å². The Kier molecular flexibility index (Phi) is 13.1. The lowest BCUT2D eigenvalue weighted by atomic mass is 9.98. The highest BCUT2D eigenvalue weighted by Crippen LogP contribution is 2.38. The number of urea groups is 1. The molecule has 0 saturated carbocycles. The summed E-state index contributed by atoms with van der Waals surface area (Å²) in [5, 5.41) is 23.2. The van der Waals surface area contributed by atoms with Crippen molar-refractivity contribution in [1.29, 1.82) is 0 Å². The van der Waals surface area contributed by atoms with Crippen molar-refractivity contribution in [2.24, 2.45) is 4.99 Å². The van der Waals surface area contributed by atoms with Gasteiger partial charge in [0.1, 0.15) is 5.71 Å². The molecule has 3 aromatic carbocycles. The maximum absolute atomic E-state index is 12.9. The number of allylic oxidation sites excluding steroid dienone is 5. The number of carbonyl (C=O) groups is 5. The van der Waals surface area contributed by atoms with Crippen LogP contribution in [0.1, 0.15) is 54.1 Å². The minimum absolute atomic E-state index is 0.0544. The number of ketones is 2. The molecule has 1 aromatic heterocycles. The number of amides is 4. The largest absolute Gasteiger partial charge is 0.494 e. The third kappa shape index (κ3) is 8.53. The van der Waals surface area contributed by atoms with Crippen molar-refractivity contribution in [2.45, 2.75) is 32.6 Å². The van der Waals surface area contributed by atoms with E-state index < -0.39 is 12.1 Å². The molecule has 4 amide bonds. The number of carbonyl (C=O) groups excluding carboxylic acids is 5. The first kappa shape index (κ1) is 41.0. The fraction of sp³-hybridized carbons (Fsp3) is 0.273. The molecule has 5 N–H and O–H groups in total. The molecular weight excluding hydrogens is 737 g/mol. The zero-order chi connectivity index (χ0) is 41.3. The van der Waals surface area contributed by atoms with Crippen LogP contribution in [0.4, 0.5) is 21.0 Å². The third-order valence-electron chi connectivity index (χ3n) is 10.00. The zero-order valence-corrected chi connectivity index (χ0v) is 33.1. The molecule has 7 rings (SSSR count). The summed E-state index contributed by atoms with van der Waals surface area (Å²) < 4.78 is 1.18. The highest BCUT2D eigenvalue weighted by Gasteiger charge is 2.33. The molecule has 3 aliphatic rings. The number of benzene rings is 3. The van der Waals surface area contributed by atoms with E-state index in [4.69, 9.17) is 0 Å². The van der Waals surface area contributed by atoms with Crippen molar-refractivity contribution < 1.29 is 29.1 Å². The second-order valence-electron chi connectivity index (χ2n) is 14.2. The first-order valence-corrected chi connectivity index (χ1v) is 19.2. The number of hydrogen-bond acceptors (Lipinski definition) is 10. The number of anilines is 1. The van der Waals surface area contributed by atoms with E-state index in [1.165, 1.54) is 4.57 Å². The van der Waals surface area contributed by atoms with Crippen molar-refractivity contribution in [3.8, 4) is 5.88 Å². The average molecular weight is 785 g/mol. The topological polar surface area (TPSA) is 177 Å². The van der Waals surface area contributed by atoms with Crippen LogP contribution in [0.15, 0.2) is 107 Å². The number of aliphatic imine (C=N–C) groups is 1. The predicted octanol–water partition coefficient (Wildman–Crippen LogP) is 5.65. The van der Waals surface area contributed by atoms with E-state index in [2.05, 4.69) is 31.2 Å². The van der Waals surface area contributed by atoms with Crippen molar-refractivity contribution in [3.63, 3.8) is 0 Å². The molecule has 0 radical (unpaired) electrons. The number of para-hydroxylation sites is 3. The summed E-state index contributed by atoms with van der Waals surface area (Å²) in [6, 6.07) is 20.3. The van der Waals surface area contributed by atoms with Gasteiger partial charge in [0.2, 0.25) is 23.9 Å². The van der Waals surface area contributed by atoms with E-state index in [1.54, 1.807) is 67.7 Å². The molecule has 1 fully saturated rings. The molecular formula is C44H48N8O6. The Morgan fingerprint density at radius 2 is 1.62 bits per heavy atom. The van der Waals surface area contributed by atoms with Crippen molar-refractivity contribution in [1.82, 2.24) is 30.7 Å². The second-order valence-corrected chi connectivity index (χ2v) is 14.2. The summed E-state index contributed by atoms with van der Waals surface area (Å²) in [4.78, 5) is 70.4. The van der Waals surface area contributed by atoms with E-state index in [9.17, 15) is 29.1 Å². The molecule has 1 saturated heterocycles. The number of likely N-dealkylation sites (N-methyl/N-ethyl adjacent to an activating group) is 1. The molecule has 0 atom stereocenters. The molecule has 58 heavy (non-hydrogen) atoms. The Balaban J connectivity index is 0.000000197. The van der Waals surface area contributed by atoms with Crippen molar-refractivity contribution in [3.05, 3.63) is 119 Å². The van der Waals surface area contributed by atoms with Gasteiger partial charge in [-0.2, -0.15) is 0 Å². The van der Waals surface area contributed by atoms with E-state index in [1.807, 2.05) is 45.3 Å². The van der Waals surface area contributed by atoms with Gasteiger partial charge in [-0.05, 0) is 90.1 Å². The minimum atomic E-state index is -0.477. The van der Waals surface area contributed by atoms with Crippen LogP contribution in [0.5, 0.6) is 5.88 Å². The summed E-state index contributed by atoms with van der Waals surface area (Å²) in [6.45, 7) is 4.26. The number of nitrogens with zero attached hydrogens (tertiary/aromatic N) is 4. The molecule has 0 spiro atoms. The number of aromatic nitrogens is 1. The number of Topliss-reactive ketones (excluding diaryl/α,β-unsaturated/α-hetero) is 2. The second kappa shape index (κ2) is 18.5. The number of nitrogens with one attached hydrogen (secondary N) is 4. The highest BCUT2D eigenvalue weighted by molar-refractivity contribution is 6.56. The van der Waals surface area contributed by atoms with Gasteiger partial charge in [-0.15, -0.1) is 0 Å². The van der Waals surface area contributed by atoms with Gasteiger partial charge in [0, 0.05) is 47.4 Å². The monoisotopic (exact) mass is 784 g/mol. The van der Waals surface area contributed by atoms with Gasteiger partial charge >= 0.3 is 12.1 Å². The van der Waals surface area contributed by atoms with Crippen LogP contribution in [-0.2, 0) is 9.59 Å². The molecule has 1 aliphatic carbocycles. The van der Waals surface area contributed by atoms with Gasteiger partial charge in [-0.25, -0.2) is 24.0 Å².